The van der Waals surface area contributed by atoms with Crippen LogP contribution in [-0.2, 0) is 4.79 Å². The minimum absolute atomic E-state index is 0.147. The van der Waals surface area contributed by atoms with Gasteiger partial charge in [0.1, 0.15) is 0 Å². The summed E-state index contributed by atoms with van der Waals surface area (Å²) in [4.78, 5) is 15.5. The molecule has 3 rings (SSSR count). The van der Waals surface area contributed by atoms with Crippen LogP contribution in [0.25, 0.3) is 0 Å². The van der Waals surface area contributed by atoms with Gasteiger partial charge in [-0.3, -0.25) is 4.79 Å². The third-order valence-corrected chi connectivity index (χ3v) is 5.09. The first kappa shape index (κ1) is 19.7. The molecule has 28 heavy (non-hydrogen) atoms. The van der Waals surface area contributed by atoms with Gasteiger partial charge in [-0.05, 0) is 37.1 Å². The van der Waals surface area contributed by atoms with E-state index in [2.05, 4.69) is 29.6 Å². The van der Waals surface area contributed by atoms with Gasteiger partial charge in [0.05, 0.1) is 12.0 Å². The summed E-state index contributed by atoms with van der Waals surface area (Å²) < 4.78 is 0. The van der Waals surface area contributed by atoms with E-state index in [1.54, 1.807) is 0 Å². The molecule has 0 unspecified atom stereocenters. The number of carbonyl (C=O) groups is 1. The van der Waals surface area contributed by atoms with Crippen molar-refractivity contribution in [2.45, 2.75) is 25.8 Å². The van der Waals surface area contributed by atoms with E-state index < -0.39 is 0 Å². The Balaban J connectivity index is 2.09. The molecule has 3 aromatic carbocycles. The van der Waals surface area contributed by atoms with Crippen molar-refractivity contribution in [1.29, 1.82) is 0 Å². The second-order valence-corrected chi connectivity index (χ2v) is 6.80. The van der Waals surface area contributed by atoms with Gasteiger partial charge in [-0.15, -0.1) is 0 Å². The van der Waals surface area contributed by atoms with Gasteiger partial charge in [0.15, 0.2) is 0 Å². The molecule has 0 heterocycles. The number of likely N-dealkylation sites (N-methyl/N-ethyl adjacent to an activating group) is 1. The van der Waals surface area contributed by atoms with E-state index in [1.165, 1.54) is 0 Å². The Bertz CT molecular complexity index is 845. The molecule has 2 atom stereocenters. The van der Waals surface area contributed by atoms with Gasteiger partial charge < -0.3 is 10.2 Å². The molecule has 0 saturated heterocycles. The number of nitrogens with zero attached hydrogens (tertiary/aromatic N) is 1. The van der Waals surface area contributed by atoms with E-state index in [0.29, 0.717) is 13.1 Å². The van der Waals surface area contributed by atoms with Crippen molar-refractivity contribution in [2.75, 3.05) is 18.4 Å². The second kappa shape index (κ2) is 9.75. The van der Waals surface area contributed by atoms with E-state index in [-0.39, 0.29) is 17.9 Å². The number of para-hydroxylation sites is 1. The molecule has 0 aromatic heterocycles. The molecule has 3 aromatic rings. The summed E-state index contributed by atoms with van der Waals surface area (Å²) in [7, 11) is 0. The van der Waals surface area contributed by atoms with Gasteiger partial charge in [-0.25, -0.2) is 0 Å². The lowest BCUT2D eigenvalue weighted by atomic mass is 9.85. The Morgan fingerprint density at radius 3 is 1.71 bits per heavy atom. The molecule has 0 saturated carbocycles. The minimum atomic E-state index is -0.316. The molecule has 1 amide bonds. The highest BCUT2D eigenvalue weighted by Gasteiger charge is 2.33. The molecule has 3 heteroatoms. The van der Waals surface area contributed by atoms with Crippen LogP contribution in [0, 0.1) is 0 Å². The molecule has 0 fully saturated rings. The van der Waals surface area contributed by atoms with E-state index in [0.717, 1.165) is 16.8 Å². The molecule has 1 N–H and O–H groups in total. The van der Waals surface area contributed by atoms with Gasteiger partial charge in [0.25, 0.3) is 0 Å². The lowest BCUT2D eigenvalue weighted by Gasteiger charge is -2.33. The molecule has 0 aliphatic rings. The highest BCUT2D eigenvalue weighted by atomic mass is 16.2. The number of hydrogen-bond donors (Lipinski definition) is 1. The van der Waals surface area contributed by atoms with Gasteiger partial charge in [0.2, 0.25) is 5.91 Å². The Hall–Kier alpha value is -3.07. The predicted molar refractivity (Wildman–Crippen MR) is 116 cm³/mol. The number of benzene rings is 3. The van der Waals surface area contributed by atoms with Crippen molar-refractivity contribution in [3.63, 3.8) is 0 Å². The smallest absolute Gasteiger partial charge is 0.232 e. The first-order valence-electron chi connectivity index (χ1n) is 9.94. The topological polar surface area (TPSA) is 32.3 Å². The van der Waals surface area contributed by atoms with Crippen LogP contribution in [0.1, 0.15) is 36.9 Å². The first-order valence-corrected chi connectivity index (χ1v) is 9.94. The van der Waals surface area contributed by atoms with Crippen LogP contribution in [0.3, 0.4) is 0 Å². The molecule has 0 bridgehead atoms. The summed E-state index contributed by atoms with van der Waals surface area (Å²) in [5.74, 6) is -0.169. The number of amides is 1. The van der Waals surface area contributed by atoms with E-state index in [9.17, 15) is 4.79 Å². The third kappa shape index (κ3) is 4.61. The zero-order chi connectivity index (χ0) is 19.8. The van der Waals surface area contributed by atoms with Crippen LogP contribution >= 0.6 is 0 Å². The largest absolute Gasteiger partial charge is 0.377 e. The Labute approximate surface area is 168 Å². The van der Waals surface area contributed by atoms with Crippen LogP contribution in [0.15, 0.2) is 91.0 Å². The maximum atomic E-state index is 13.6. The van der Waals surface area contributed by atoms with Gasteiger partial charge in [-0.1, -0.05) is 78.9 Å². The van der Waals surface area contributed by atoms with Crippen LogP contribution in [-0.4, -0.2) is 23.9 Å². The van der Waals surface area contributed by atoms with Crippen LogP contribution in [0.2, 0.25) is 0 Å². The lowest BCUT2D eigenvalue weighted by Crippen LogP contribution is -2.38. The summed E-state index contributed by atoms with van der Waals surface area (Å²) >= 11 is 0. The molecule has 144 valence electrons. The van der Waals surface area contributed by atoms with E-state index in [4.69, 9.17) is 0 Å². The van der Waals surface area contributed by atoms with Crippen molar-refractivity contribution in [3.05, 3.63) is 102 Å². The summed E-state index contributed by atoms with van der Waals surface area (Å²) in [6, 6.07) is 30.3. The van der Waals surface area contributed by atoms with Crippen molar-refractivity contribution in [2.24, 2.45) is 0 Å². The number of carbonyl (C=O) groups excluding carboxylic acids is 1. The van der Waals surface area contributed by atoms with Crippen molar-refractivity contribution in [1.82, 2.24) is 4.90 Å². The summed E-state index contributed by atoms with van der Waals surface area (Å²) in [5, 5.41) is 3.63. The van der Waals surface area contributed by atoms with Crippen LogP contribution in [0.4, 0.5) is 5.69 Å². The maximum Gasteiger partial charge on any atom is 0.232 e. The average Bonchev–Trinajstić information content (AvgIpc) is 2.76. The highest BCUT2D eigenvalue weighted by Crippen LogP contribution is 2.35. The summed E-state index contributed by atoms with van der Waals surface area (Å²) in [6.45, 7) is 5.47. The van der Waals surface area contributed by atoms with Crippen LogP contribution < -0.4 is 5.32 Å². The minimum Gasteiger partial charge on any atom is -0.377 e. The fourth-order valence-electron chi connectivity index (χ4n) is 3.60. The van der Waals surface area contributed by atoms with E-state index >= 15 is 0 Å². The number of rotatable bonds is 8. The Morgan fingerprint density at radius 2 is 1.21 bits per heavy atom. The molecular weight excluding hydrogens is 344 g/mol. The standard InChI is InChI=1S/C25H28N2O/c1-3-27(4-2)25(28)23(20-14-8-5-9-15-20)24(21-16-10-6-11-17-21)26-22-18-12-7-13-19-22/h5-19,23-24,26H,3-4H2,1-2H3/t23-,24-/m0/s1. The zero-order valence-electron chi connectivity index (χ0n) is 16.6. The van der Waals surface area contributed by atoms with Gasteiger partial charge in [0, 0.05) is 18.8 Å². The number of nitrogens with one attached hydrogen (secondary N) is 1. The molecule has 0 spiro atoms. The lowest BCUT2D eigenvalue weighted by molar-refractivity contribution is -0.132. The monoisotopic (exact) mass is 372 g/mol. The van der Waals surface area contributed by atoms with Crippen molar-refractivity contribution >= 4 is 11.6 Å². The normalized spacial score (nSPS) is 12.8. The maximum absolute atomic E-state index is 13.6. The van der Waals surface area contributed by atoms with Crippen LogP contribution in [0.5, 0.6) is 0 Å². The molecular formula is C25H28N2O. The van der Waals surface area contributed by atoms with E-state index in [1.807, 2.05) is 85.5 Å². The van der Waals surface area contributed by atoms with Gasteiger partial charge in [-0.2, -0.15) is 0 Å². The van der Waals surface area contributed by atoms with Gasteiger partial charge >= 0.3 is 0 Å². The zero-order valence-corrected chi connectivity index (χ0v) is 16.6. The fourth-order valence-corrected chi connectivity index (χ4v) is 3.60. The second-order valence-electron chi connectivity index (χ2n) is 6.80. The first-order chi connectivity index (χ1) is 13.7. The average molecular weight is 373 g/mol. The molecule has 0 aliphatic heterocycles. The fraction of sp³-hybridized carbons (Fsp3) is 0.240. The summed E-state index contributed by atoms with van der Waals surface area (Å²) in [5.41, 5.74) is 3.13. The number of hydrogen-bond acceptors (Lipinski definition) is 2. The summed E-state index contributed by atoms with van der Waals surface area (Å²) in [6.07, 6.45) is 0. The molecule has 0 aliphatic carbocycles. The molecule has 0 radical (unpaired) electrons. The third-order valence-electron chi connectivity index (χ3n) is 5.09. The number of anilines is 1. The Kier molecular flexibility index (Phi) is 6.85. The molecule has 3 nitrogen and oxygen atoms in total. The van der Waals surface area contributed by atoms with Crippen molar-refractivity contribution in [3.8, 4) is 0 Å². The Morgan fingerprint density at radius 1 is 0.750 bits per heavy atom. The van der Waals surface area contributed by atoms with Crippen molar-refractivity contribution < 1.29 is 4.79 Å². The predicted octanol–water partition coefficient (Wildman–Crippen LogP) is 5.49. The highest BCUT2D eigenvalue weighted by molar-refractivity contribution is 5.85. The SMILES string of the molecule is CCN(CC)C(=O)[C@@H](c1ccccc1)[C@@H](Nc1ccccc1)c1ccccc1. The quantitative estimate of drug-likeness (QED) is 0.567.